The maximum absolute atomic E-state index is 15.6. The fourth-order valence-corrected chi connectivity index (χ4v) is 3.27. The molecule has 1 saturated heterocycles. The van der Waals surface area contributed by atoms with Gasteiger partial charge in [0.25, 0.3) is 5.89 Å². The minimum Gasteiger partial charge on any atom is -0.335 e. The summed E-state index contributed by atoms with van der Waals surface area (Å²) in [6.07, 6.45) is 3.96. The minimum absolute atomic E-state index is 0.0973. The van der Waals surface area contributed by atoms with Gasteiger partial charge in [-0.05, 0) is 30.5 Å². The van der Waals surface area contributed by atoms with Crippen LogP contribution in [0.4, 0.5) is 9.18 Å². The van der Waals surface area contributed by atoms with E-state index >= 15 is 4.39 Å². The van der Waals surface area contributed by atoms with Crippen molar-refractivity contribution in [3.63, 3.8) is 0 Å². The molecule has 2 aromatic heterocycles. The molecule has 0 radical (unpaired) electrons. The van der Waals surface area contributed by atoms with Crippen LogP contribution in [0.15, 0.2) is 59.4 Å². The van der Waals surface area contributed by atoms with Gasteiger partial charge in [0.1, 0.15) is 0 Å². The average Bonchev–Trinajstić information content (AvgIpc) is 3.25. The number of likely N-dealkylation sites (tertiary alicyclic amines) is 1. The number of benzene rings is 1. The Balaban J connectivity index is 1.44. The summed E-state index contributed by atoms with van der Waals surface area (Å²) in [4.78, 5) is 22.1. The number of pyridine rings is 1. The monoisotopic (exact) mass is 381 g/mol. The topological polar surface area (TPSA) is 84.2 Å². The smallest absolute Gasteiger partial charge is 0.317 e. The number of hydrogen-bond donors (Lipinski definition) is 1. The fraction of sp³-hybridized carbons (Fsp3) is 0.300. The molecule has 28 heavy (non-hydrogen) atoms. The van der Waals surface area contributed by atoms with E-state index in [0.717, 1.165) is 5.56 Å². The molecule has 3 heterocycles. The molecule has 1 aromatic carbocycles. The molecule has 7 nitrogen and oxygen atoms in total. The zero-order valence-electron chi connectivity index (χ0n) is 15.2. The van der Waals surface area contributed by atoms with Crippen LogP contribution in [0.3, 0.4) is 0 Å². The van der Waals surface area contributed by atoms with Gasteiger partial charge >= 0.3 is 6.03 Å². The summed E-state index contributed by atoms with van der Waals surface area (Å²) in [7, 11) is 0. The van der Waals surface area contributed by atoms with E-state index in [1.54, 1.807) is 24.5 Å². The zero-order chi connectivity index (χ0) is 19.4. The van der Waals surface area contributed by atoms with Crippen LogP contribution in [0, 0.1) is 0 Å². The van der Waals surface area contributed by atoms with E-state index in [1.807, 2.05) is 30.3 Å². The Bertz CT molecular complexity index is 934. The lowest BCUT2D eigenvalue weighted by molar-refractivity contribution is 0.0306. The number of carbonyl (C=O) groups excluding carboxylic acids is 1. The van der Waals surface area contributed by atoms with Crippen LogP contribution >= 0.6 is 0 Å². The van der Waals surface area contributed by atoms with Gasteiger partial charge in [0.15, 0.2) is 0 Å². The van der Waals surface area contributed by atoms with Gasteiger partial charge in [0.2, 0.25) is 11.5 Å². The van der Waals surface area contributed by atoms with Gasteiger partial charge in [0.05, 0.1) is 6.54 Å². The number of nitrogens with zero attached hydrogens (tertiary/aromatic N) is 4. The van der Waals surface area contributed by atoms with Gasteiger partial charge in [-0.15, -0.1) is 0 Å². The Morgan fingerprint density at radius 1 is 1.21 bits per heavy atom. The number of urea groups is 1. The molecule has 3 aromatic rings. The van der Waals surface area contributed by atoms with Crippen molar-refractivity contribution in [3.05, 3.63) is 66.3 Å². The molecule has 1 fully saturated rings. The SMILES string of the molecule is O=C(NCc1ccccc1)N1CCCC(F)(c2nc(-c3ccncc3)no2)C1. The maximum atomic E-state index is 15.6. The van der Waals surface area contributed by atoms with Gasteiger partial charge in [0, 0.05) is 31.0 Å². The van der Waals surface area contributed by atoms with Crippen LogP contribution in [-0.4, -0.2) is 39.1 Å². The largest absolute Gasteiger partial charge is 0.335 e. The van der Waals surface area contributed by atoms with Crippen molar-refractivity contribution in [1.29, 1.82) is 0 Å². The van der Waals surface area contributed by atoms with Gasteiger partial charge in [-0.3, -0.25) is 4.98 Å². The summed E-state index contributed by atoms with van der Waals surface area (Å²) in [6, 6.07) is 12.7. The number of rotatable bonds is 4. The minimum atomic E-state index is -1.86. The first-order valence-electron chi connectivity index (χ1n) is 9.14. The molecule has 8 heteroatoms. The first kappa shape index (κ1) is 18.1. The van der Waals surface area contributed by atoms with Crippen molar-refractivity contribution in [1.82, 2.24) is 25.3 Å². The highest BCUT2D eigenvalue weighted by atomic mass is 19.1. The lowest BCUT2D eigenvalue weighted by Gasteiger charge is -2.35. The van der Waals surface area contributed by atoms with E-state index in [1.165, 1.54) is 4.90 Å². The van der Waals surface area contributed by atoms with Gasteiger partial charge in [-0.25, -0.2) is 9.18 Å². The fourth-order valence-electron chi connectivity index (χ4n) is 3.27. The number of halogens is 1. The summed E-state index contributed by atoms with van der Waals surface area (Å²) < 4.78 is 20.8. The number of aromatic nitrogens is 3. The standard InChI is InChI=1S/C20H20FN5O2/c21-20(18-24-17(25-28-18)16-7-10-22-11-8-16)9-4-12-26(14-20)19(27)23-13-15-5-2-1-3-6-15/h1-3,5-8,10-11H,4,9,12-14H2,(H,23,27). The predicted molar refractivity (Wildman–Crippen MR) is 99.8 cm³/mol. The molecule has 1 N–H and O–H groups in total. The van der Waals surface area contributed by atoms with Gasteiger partial charge in [-0.1, -0.05) is 35.5 Å². The van der Waals surface area contributed by atoms with Crippen LogP contribution in [0.1, 0.15) is 24.3 Å². The molecule has 1 unspecified atom stereocenters. The molecular weight excluding hydrogens is 361 g/mol. The second kappa shape index (κ2) is 7.75. The Hall–Kier alpha value is -3.29. The van der Waals surface area contributed by atoms with Crippen LogP contribution in [0.5, 0.6) is 0 Å². The summed E-state index contributed by atoms with van der Waals surface area (Å²) >= 11 is 0. The molecule has 0 aliphatic carbocycles. The third-order valence-corrected chi connectivity index (χ3v) is 4.76. The van der Waals surface area contributed by atoms with Crippen molar-refractivity contribution >= 4 is 6.03 Å². The first-order valence-corrected chi connectivity index (χ1v) is 9.14. The Labute approximate surface area is 161 Å². The molecule has 0 saturated carbocycles. The van der Waals surface area contributed by atoms with Crippen LogP contribution in [0.25, 0.3) is 11.4 Å². The number of alkyl halides is 1. The maximum Gasteiger partial charge on any atom is 0.317 e. The van der Waals surface area contributed by atoms with Crippen molar-refractivity contribution in [2.24, 2.45) is 0 Å². The quantitative estimate of drug-likeness (QED) is 0.750. The van der Waals surface area contributed by atoms with Crippen molar-refractivity contribution in [3.8, 4) is 11.4 Å². The lowest BCUT2D eigenvalue weighted by atomic mass is 9.94. The predicted octanol–water partition coefficient (Wildman–Crippen LogP) is 3.30. The number of carbonyl (C=O) groups is 1. The molecule has 2 amide bonds. The number of hydrogen-bond acceptors (Lipinski definition) is 5. The summed E-state index contributed by atoms with van der Waals surface area (Å²) in [5.74, 6) is 0.208. The second-order valence-corrected chi connectivity index (χ2v) is 6.79. The molecule has 144 valence electrons. The van der Waals surface area contributed by atoms with Crippen molar-refractivity contribution < 1.29 is 13.7 Å². The van der Waals surface area contributed by atoms with Gasteiger partial charge < -0.3 is 14.7 Å². The van der Waals surface area contributed by atoms with Crippen molar-refractivity contribution in [2.75, 3.05) is 13.1 Å². The normalized spacial score (nSPS) is 19.4. The molecular formula is C20H20FN5O2. The number of piperidine rings is 1. The molecule has 0 bridgehead atoms. The van der Waals surface area contributed by atoms with E-state index in [2.05, 4.69) is 20.4 Å². The molecule has 1 aliphatic heterocycles. The van der Waals surface area contributed by atoms with Crippen molar-refractivity contribution in [2.45, 2.75) is 25.1 Å². The zero-order valence-corrected chi connectivity index (χ0v) is 15.2. The van der Waals surface area contributed by atoms with E-state index in [4.69, 9.17) is 4.52 Å². The third-order valence-electron chi connectivity index (χ3n) is 4.76. The number of amides is 2. The van der Waals surface area contributed by atoms with Crippen LogP contribution < -0.4 is 5.32 Å². The van der Waals surface area contributed by atoms with E-state index in [0.29, 0.717) is 30.9 Å². The first-order chi connectivity index (χ1) is 13.6. The summed E-state index contributed by atoms with van der Waals surface area (Å²) in [5, 5.41) is 6.72. The molecule has 1 aliphatic rings. The molecule has 4 rings (SSSR count). The second-order valence-electron chi connectivity index (χ2n) is 6.79. The third kappa shape index (κ3) is 3.85. The highest BCUT2D eigenvalue weighted by Crippen LogP contribution is 2.35. The van der Waals surface area contributed by atoms with Crippen LogP contribution in [-0.2, 0) is 12.2 Å². The van der Waals surface area contributed by atoms with E-state index < -0.39 is 5.67 Å². The van der Waals surface area contributed by atoms with E-state index in [9.17, 15) is 4.79 Å². The molecule has 0 spiro atoms. The average molecular weight is 381 g/mol. The summed E-state index contributed by atoms with van der Waals surface area (Å²) in [5.41, 5.74) is -0.180. The highest BCUT2D eigenvalue weighted by Gasteiger charge is 2.43. The molecule has 1 atom stereocenters. The lowest BCUT2D eigenvalue weighted by Crippen LogP contribution is -2.50. The number of nitrogens with one attached hydrogen (secondary N) is 1. The Morgan fingerprint density at radius 3 is 2.79 bits per heavy atom. The van der Waals surface area contributed by atoms with E-state index in [-0.39, 0.29) is 24.9 Å². The Morgan fingerprint density at radius 2 is 2.00 bits per heavy atom. The Kier molecular flexibility index (Phi) is 5.01. The summed E-state index contributed by atoms with van der Waals surface area (Å²) in [6.45, 7) is 0.755. The van der Waals surface area contributed by atoms with Gasteiger partial charge in [-0.2, -0.15) is 4.98 Å². The highest BCUT2D eigenvalue weighted by molar-refractivity contribution is 5.74. The van der Waals surface area contributed by atoms with Crippen LogP contribution in [0.2, 0.25) is 0 Å².